The van der Waals surface area contributed by atoms with Crippen LogP contribution < -0.4 is 22.5 Å². The van der Waals surface area contributed by atoms with E-state index < -0.39 is 23.9 Å². The van der Waals surface area contributed by atoms with Crippen LogP contribution in [0.3, 0.4) is 0 Å². The predicted octanol–water partition coefficient (Wildman–Crippen LogP) is -1.12. The van der Waals surface area contributed by atoms with Crippen LogP contribution in [0, 0.1) is 0 Å². The van der Waals surface area contributed by atoms with E-state index in [4.69, 9.17) is 17.2 Å². The van der Waals surface area contributed by atoms with Gasteiger partial charge in [-0.1, -0.05) is 30.3 Å². The van der Waals surface area contributed by atoms with Gasteiger partial charge in [0.05, 0.1) is 6.04 Å². The minimum atomic E-state index is -0.765. The van der Waals surface area contributed by atoms with Crippen LogP contribution in [0.5, 0.6) is 0 Å². The molecule has 7 N–H and O–H groups in total. The summed E-state index contributed by atoms with van der Waals surface area (Å²) < 4.78 is 0. The molecular weight excluding hydrogens is 244 g/mol. The minimum absolute atomic E-state index is 0.266. The summed E-state index contributed by atoms with van der Waals surface area (Å²) in [7, 11) is 0. The molecule has 0 aliphatic rings. The maximum absolute atomic E-state index is 11.9. The average Bonchev–Trinajstić information content (AvgIpc) is 2.39. The smallest absolute Gasteiger partial charge is 0.240 e. The Morgan fingerprint density at radius 3 is 2.37 bits per heavy atom. The molecule has 1 rings (SSSR count). The standard InChI is InChI=1S/C13H20N4O2/c14-7-6-11(12(16)18)17-13(19)10(15)8-9-4-2-1-3-5-9/h1-5,10-11H,6-8,14-15H2,(H2,16,18)(H,17,19)/t10-,11+/m1/s1. The Kier molecular flexibility index (Phi) is 5.98. The third-order valence-corrected chi connectivity index (χ3v) is 2.75. The lowest BCUT2D eigenvalue weighted by atomic mass is 10.1. The van der Waals surface area contributed by atoms with Crippen molar-refractivity contribution in [1.29, 1.82) is 0 Å². The molecule has 2 atom stereocenters. The quantitative estimate of drug-likeness (QED) is 0.497. The number of rotatable bonds is 7. The molecule has 0 aliphatic heterocycles. The molecule has 1 aromatic carbocycles. The Hall–Kier alpha value is -1.92. The van der Waals surface area contributed by atoms with Crippen molar-refractivity contribution >= 4 is 11.8 Å². The molecule has 6 heteroatoms. The zero-order valence-corrected chi connectivity index (χ0v) is 10.7. The molecule has 0 bridgehead atoms. The SMILES string of the molecule is NCC[C@H](NC(=O)[C@H](N)Cc1ccccc1)C(N)=O. The first-order chi connectivity index (χ1) is 9.04. The van der Waals surface area contributed by atoms with E-state index >= 15 is 0 Å². The number of primary amides is 1. The summed E-state index contributed by atoms with van der Waals surface area (Å²) in [6, 6.07) is 7.93. The first-order valence-corrected chi connectivity index (χ1v) is 6.14. The van der Waals surface area contributed by atoms with Crippen LogP contribution in [0.2, 0.25) is 0 Å². The van der Waals surface area contributed by atoms with Crippen LogP contribution in [0.1, 0.15) is 12.0 Å². The van der Waals surface area contributed by atoms with E-state index in [2.05, 4.69) is 5.32 Å². The summed E-state index contributed by atoms with van der Waals surface area (Å²) in [5.41, 5.74) is 17.3. The van der Waals surface area contributed by atoms with E-state index in [1.807, 2.05) is 30.3 Å². The summed E-state index contributed by atoms with van der Waals surface area (Å²) >= 11 is 0. The van der Waals surface area contributed by atoms with Gasteiger partial charge in [0.2, 0.25) is 11.8 Å². The van der Waals surface area contributed by atoms with Crippen molar-refractivity contribution in [2.24, 2.45) is 17.2 Å². The van der Waals surface area contributed by atoms with Crippen LogP contribution in [-0.4, -0.2) is 30.4 Å². The van der Waals surface area contributed by atoms with E-state index in [1.54, 1.807) is 0 Å². The molecule has 104 valence electrons. The van der Waals surface area contributed by atoms with Crippen molar-refractivity contribution in [3.05, 3.63) is 35.9 Å². The van der Waals surface area contributed by atoms with Gasteiger partial charge in [0.25, 0.3) is 0 Å². The highest BCUT2D eigenvalue weighted by Crippen LogP contribution is 2.02. The number of hydrogen-bond donors (Lipinski definition) is 4. The van der Waals surface area contributed by atoms with Gasteiger partial charge in [0, 0.05) is 0 Å². The molecule has 2 amide bonds. The Morgan fingerprint density at radius 2 is 1.84 bits per heavy atom. The third kappa shape index (κ3) is 5.07. The minimum Gasteiger partial charge on any atom is -0.368 e. The van der Waals surface area contributed by atoms with Gasteiger partial charge >= 0.3 is 0 Å². The fourth-order valence-corrected chi connectivity index (χ4v) is 1.69. The molecular formula is C13H20N4O2. The Morgan fingerprint density at radius 1 is 1.21 bits per heavy atom. The predicted molar refractivity (Wildman–Crippen MR) is 72.9 cm³/mol. The first-order valence-electron chi connectivity index (χ1n) is 6.14. The van der Waals surface area contributed by atoms with Gasteiger partial charge in [-0.15, -0.1) is 0 Å². The van der Waals surface area contributed by atoms with Gasteiger partial charge in [0.15, 0.2) is 0 Å². The summed E-state index contributed by atoms with van der Waals surface area (Å²) in [6.07, 6.45) is 0.708. The number of nitrogens with two attached hydrogens (primary N) is 3. The molecule has 0 spiro atoms. The first kappa shape index (κ1) is 15.1. The lowest BCUT2D eigenvalue weighted by Crippen LogP contribution is -2.51. The zero-order chi connectivity index (χ0) is 14.3. The monoisotopic (exact) mass is 264 g/mol. The van der Waals surface area contributed by atoms with Crippen molar-refractivity contribution in [3.8, 4) is 0 Å². The van der Waals surface area contributed by atoms with Crippen molar-refractivity contribution in [3.63, 3.8) is 0 Å². The van der Waals surface area contributed by atoms with E-state index in [9.17, 15) is 9.59 Å². The zero-order valence-electron chi connectivity index (χ0n) is 10.7. The van der Waals surface area contributed by atoms with Gasteiger partial charge in [-0.2, -0.15) is 0 Å². The number of amides is 2. The van der Waals surface area contributed by atoms with Crippen LogP contribution >= 0.6 is 0 Å². The van der Waals surface area contributed by atoms with Crippen molar-refractivity contribution in [2.45, 2.75) is 24.9 Å². The molecule has 0 radical (unpaired) electrons. The molecule has 1 aromatic rings. The summed E-state index contributed by atoms with van der Waals surface area (Å²) in [5.74, 6) is -1.01. The number of hydrogen-bond acceptors (Lipinski definition) is 4. The summed E-state index contributed by atoms with van der Waals surface area (Å²) in [6.45, 7) is 0.266. The molecule has 0 saturated heterocycles. The van der Waals surface area contributed by atoms with E-state index in [0.29, 0.717) is 12.8 Å². The Labute approximate surface area is 112 Å². The summed E-state index contributed by atoms with van der Waals surface area (Å²) in [5, 5.41) is 2.52. The highest BCUT2D eigenvalue weighted by atomic mass is 16.2. The molecule has 0 saturated carbocycles. The maximum Gasteiger partial charge on any atom is 0.240 e. The summed E-state index contributed by atoms with van der Waals surface area (Å²) in [4.78, 5) is 23.0. The van der Waals surface area contributed by atoms with Crippen LogP contribution in [-0.2, 0) is 16.0 Å². The van der Waals surface area contributed by atoms with Gasteiger partial charge < -0.3 is 22.5 Å². The average molecular weight is 264 g/mol. The number of carbonyl (C=O) groups excluding carboxylic acids is 2. The third-order valence-electron chi connectivity index (χ3n) is 2.75. The van der Waals surface area contributed by atoms with E-state index in [1.165, 1.54) is 0 Å². The van der Waals surface area contributed by atoms with Crippen LogP contribution in [0.4, 0.5) is 0 Å². The van der Waals surface area contributed by atoms with Gasteiger partial charge in [-0.3, -0.25) is 9.59 Å². The largest absolute Gasteiger partial charge is 0.368 e. The molecule has 6 nitrogen and oxygen atoms in total. The van der Waals surface area contributed by atoms with Crippen LogP contribution in [0.25, 0.3) is 0 Å². The molecule has 19 heavy (non-hydrogen) atoms. The van der Waals surface area contributed by atoms with Gasteiger partial charge in [-0.05, 0) is 24.9 Å². The highest BCUT2D eigenvalue weighted by Gasteiger charge is 2.21. The topological polar surface area (TPSA) is 124 Å². The molecule has 0 aliphatic carbocycles. The lowest BCUT2D eigenvalue weighted by molar-refractivity contribution is -0.128. The van der Waals surface area contributed by atoms with E-state index in [-0.39, 0.29) is 6.54 Å². The van der Waals surface area contributed by atoms with Gasteiger partial charge in [0.1, 0.15) is 6.04 Å². The van der Waals surface area contributed by atoms with Crippen molar-refractivity contribution < 1.29 is 9.59 Å². The van der Waals surface area contributed by atoms with Crippen LogP contribution in [0.15, 0.2) is 30.3 Å². The second-order valence-electron chi connectivity index (χ2n) is 4.34. The van der Waals surface area contributed by atoms with Gasteiger partial charge in [-0.25, -0.2) is 0 Å². The normalized spacial score (nSPS) is 13.6. The number of carbonyl (C=O) groups is 2. The molecule has 0 heterocycles. The fourth-order valence-electron chi connectivity index (χ4n) is 1.69. The fraction of sp³-hybridized carbons (Fsp3) is 0.385. The second-order valence-corrected chi connectivity index (χ2v) is 4.34. The van der Waals surface area contributed by atoms with Crippen molar-refractivity contribution in [1.82, 2.24) is 5.32 Å². The second kappa shape index (κ2) is 7.50. The maximum atomic E-state index is 11.9. The molecule has 0 aromatic heterocycles. The Balaban J connectivity index is 2.54. The lowest BCUT2D eigenvalue weighted by Gasteiger charge is -2.18. The highest BCUT2D eigenvalue weighted by molar-refractivity contribution is 5.89. The Bertz CT molecular complexity index is 422. The van der Waals surface area contributed by atoms with E-state index in [0.717, 1.165) is 5.56 Å². The van der Waals surface area contributed by atoms with Crippen molar-refractivity contribution in [2.75, 3.05) is 6.54 Å². The number of benzene rings is 1. The number of nitrogens with one attached hydrogen (secondary N) is 1. The molecule has 0 fully saturated rings. The molecule has 0 unspecified atom stereocenters.